The van der Waals surface area contributed by atoms with E-state index in [1.54, 1.807) is 35.2 Å². The summed E-state index contributed by atoms with van der Waals surface area (Å²) in [5.41, 5.74) is 1.09. The molecular formula is C20H22N2O4S2. The van der Waals surface area contributed by atoms with Crippen LogP contribution in [0.25, 0.3) is 10.2 Å². The number of aromatic nitrogens is 2. The second-order valence-corrected chi connectivity index (χ2v) is 9.57. The van der Waals surface area contributed by atoms with E-state index in [1.807, 2.05) is 6.07 Å². The number of furan rings is 1. The van der Waals surface area contributed by atoms with Crippen LogP contribution in [-0.4, -0.2) is 27.9 Å². The lowest BCUT2D eigenvalue weighted by molar-refractivity contribution is -0.139. The Hall–Kier alpha value is -2.06. The number of hydrogen-bond donors (Lipinski definition) is 0. The van der Waals surface area contributed by atoms with Crippen LogP contribution in [0.5, 0.6) is 0 Å². The Morgan fingerprint density at radius 1 is 1.54 bits per heavy atom. The highest BCUT2D eigenvalue weighted by atomic mass is 32.2. The lowest BCUT2D eigenvalue weighted by Gasteiger charge is -2.18. The number of carbonyl (C=O) groups is 1. The van der Waals surface area contributed by atoms with Crippen LogP contribution in [0.1, 0.15) is 36.5 Å². The maximum atomic E-state index is 13.5. The second-order valence-electron chi connectivity index (χ2n) is 7.18. The highest BCUT2D eigenvalue weighted by molar-refractivity contribution is 8.00. The van der Waals surface area contributed by atoms with Crippen molar-refractivity contribution < 1.29 is 13.9 Å². The third-order valence-corrected chi connectivity index (χ3v) is 7.31. The van der Waals surface area contributed by atoms with Crippen molar-refractivity contribution >= 4 is 39.3 Å². The minimum Gasteiger partial charge on any atom is -0.468 e. The van der Waals surface area contributed by atoms with E-state index >= 15 is 0 Å². The topological polar surface area (TPSA) is 74.3 Å². The maximum absolute atomic E-state index is 13.5. The van der Waals surface area contributed by atoms with Crippen LogP contribution >= 0.6 is 23.1 Å². The number of methoxy groups -OCH3 is 1. The Morgan fingerprint density at radius 2 is 2.36 bits per heavy atom. The molecule has 0 amide bonds. The van der Waals surface area contributed by atoms with Crippen molar-refractivity contribution in [1.29, 1.82) is 0 Å². The zero-order valence-corrected chi connectivity index (χ0v) is 17.7. The Morgan fingerprint density at radius 3 is 3.07 bits per heavy atom. The predicted molar refractivity (Wildman–Crippen MR) is 110 cm³/mol. The molecule has 1 aliphatic carbocycles. The molecule has 0 bridgehead atoms. The third-order valence-electron chi connectivity index (χ3n) is 5.09. The summed E-state index contributed by atoms with van der Waals surface area (Å²) in [5, 5.41) is 0.777. The van der Waals surface area contributed by atoms with Crippen molar-refractivity contribution in [2.75, 3.05) is 7.11 Å². The van der Waals surface area contributed by atoms with Gasteiger partial charge < -0.3 is 9.15 Å². The first-order valence-electron chi connectivity index (χ1n) is 9.30. The summed E-state index contributed by atoms with van der Waals surface area (Å²) in [5.74, 6) is 0.954. The van der Waals surface area contributed by atoms with Gasteiger partial charge in [0.05, 0.1) is 25.3 Å². The third kappa shape index (κ3) is 3.51. The monoisotopic (exact) mass is 418 g/mol. The number of fused-ring (bicyclic) bond motifs is 3. The molecule has 0 unspecified atom stereocenters. The van der Waals surface area contributed by atoms with Gasteiger partial charge in [0.1, 0.15) is 15.8 Å². The second kappa shape index (κ2) is 7.75. The van der Waals surface area contributed by atoms with Gasteiger partial charge in [-0.3, -0.25) is 14.2 Å². The Kier molecular flexibility index (Phi) is 5.33. The number of thioether (sulfide) groups is 1. The lowest BCUT2D eigenvalue weighted by atomic mass is 9.89. The standard InChI is InChI=1S/C20H22N2O4S2/c1-11-6-7-14-15(9-11)28-17-16(14)18(23)22(10-13-5-4-8-26-13)20(21-17)27-12(2)19(24)25-3/h4-5,8,11-12H,6-7,9-10H2,1-3H3/t11-,12-/m1/s1. The van der Waals surface area contributed by atoms with E-state index in [9.17, 15) is 9.59 Å². The molecule has 0 N–H and O–H groups in total. The SMILES string of the molecule is COC(=O)[C@@H](C)Sc1nc2sc3c(c2c(=O)n1Cc1ccco1)CC[C@@H](C)C3. The lowest BCUT2D eigenvalue weighted by Crippen LogP contribution is -2.26. The van der Waals surface area contributed by atoms with Crippen LogP contribution in [0, 0.1) is 5.92 Å². The van der Waals surface area contributed by atoms with Crippen LogP contribution in [0.2, 0.25) is 0 Å². The molecule has 0 radical (unpaired) electrons. The van der Waals surface area contributed by atoms with Crippen LogP contribution in [0.3, 0.4) is 0 Å². The van der Waals surface area contributed by atoms with Gasteiger partial charge in [0.15, 0.2) is 5.16 Å². The van der Waals surface area contributed by atoms with Crippen molar-refractivity contribution in [1.82, 2.24) is 9.55 Å². The van der Waals surface area contributed by atoms with Crippen LogP contribution in [-0.2, 0) is 28.9 Å². The van der Waals surface area contributed by atoms with Gasteiger partial charge in [-0.25, -0.2) is 4.98 Å². The average molecular weight is 419 g/mol. The predicted octanol–water partition coefficient (Wildman–Crippen LogP) is 3.88. The first-order valence-corrected chi connectivity index (χ1v) is 11.0. The van der Waals surface area contributed by atoms with Gasteiger partial charge in [-0.2, -0.15) is 0 Å². The van der Waals surface area contributed by atoms with Gasteiger partial charge in [0.25, 0.3) is 5.56 Å². The van der Waals surface area contributed by atoms with Gasteiger partial charge in [-0.05, 0) is 49.8 Å². The minimum atomic E-state index is -0.466. The zero-order chi connectivity index (χ0) is 19.8. The summed E-state index contributed by atoms with van der Waals surface area (Å²) in [6, 6.07) is 3.63. The maximum Gasteiger partial charge on any atom is 0.318 e. The van der Waals surface area contributed by atoms with Crippen LogP contribution in [0.4, 0.5) is 0 Å². The van der Waals surface area contributed by atoms with Gasteiger partial charge in [-0.15, -0.1) is 11.3 Å². The molecule has 4 rings (SSSR count). The molecule has 1 aliphatic rings. The molecule has 0 saturated carbocycles. The van der Waals surface area contributed by atoms with Crippen molar-refractivity contribution in [2.45, 2.75) is 50.1 Å². The zero-order valence-electron chi connectivity index (χ0n) is 16.1. The fourth-order valence-electron chi connectivity index (χ4n) is 3.56. The average Bonchev–Trinajstić information content (AvgIpc) is 3.30. The number of esters is 1. The molecule has 0 spiro atoms. The van der Waals surface area contributed by atoms with Gasteiger partial charge >= 0.3 is 5.97 Å². The molecule has 8 heteroatoms. The Bertz CT molecular complexity index is 1070. The number of nitrogens with zero attached hydrogens (tertiary/aromatic N) is 2. The van der Waals surface area contributed by atoms with E-state index < -0.39 is 5.25 Å². The first-order chi connectivity index (χ1) is 13.5. The molecule has 0 aliphatic heterocycles. The molecule has 3 aromatic rings. The van der Waals surface area contributed by atoms with Gasteiger partial charge in [0, 0.05) is 4.88 Å². The van der Waals surface area contributed by atoms with E-state index in [1.165, 1.54) is 23.7 Å². The minimum absolute atomic E-state index is 0.0620. The quantitative estimate of drug-likeness (QED) is 0.356. The molecule has 148 valence electrons. The number of aryl methyl sites for hydroxylation is 1. The molecule has 6 nitrogen and oxygen atoms in total. The van der Waals surface area contributed by atoms with Crippen molar-refractivity contribution in [3.8, 4) is 0 Å². The Balaban J connectivity index is 1.85. The summed E-state index contributed by atoms with van der Waals surface area (Å²) in [7, 11) is 1.36. The molecule has 0 fully saturated rings. The molecule has 3 aromatic heterocycles. The summed E-state index contributed by atoms with van der Waals surface area (Å²) >= 11 is 2.85. The van der Waals surface area contributed by atoms with E-state index in [0.717, 1.165) is 35.0 Å². The summed E-state index contributed by atoms with van der Waals surface area (Å²) in [4.78, 5) is 32.2. The van der Waals surface area contributed by atoms with Gasteiger partial charge in [0.2, 0.25) is 0 Å². The van der Waals surface area contributed by atoms with E-state index in [4.69, 9.17) is 14.1 Å². The van der Waals surface area contributed by atoms with E-state index in [2.05, 4.69) is 6.92 Å². The fourth-order valence-corrected chi connectivity index (χ4v) is 5.92. The largest absolute Gasteiger partial charge is 0.468 e. The number of thiophene rings is 1. The number of hydrogen-bond acceptors (Lipinski definition) is 7. The summed E-state index contributed by atoms with van der Waals surface area (Å²) in [6.07, 6.45) is 4.59. The number of rotatable bonds is 5. The molecule has 2 atom stereocenters. The van der Waals surface area contributed by atoms with Crippen LogP contribution < -0.4 is 5.56 Å². The number of carbonyl (C=O) groups excluding carboxylic acids is 1. The van der Waals surface area contributed by atoms with E-state index in [0.29, 0.717) is 16.8 Å². The van der Waals surface area contributed by atoms with Crippen molar-refractivity contribution in [3.05, 3.63) is 45.0 Å². The molecular weight excluding hydrogens is 396 g/mol. The number of ether oxygens (including phenoxy) is 1. The normalized spacial score (nSPS) is 17.5. The van der Waals surface area contributed by atoms with Crippen molar-refractivity contribution in [3.63, 3.8) is 0 Å². The Labute approximate surface area is 170 Å². The highest BCUT2D eigenvalue weighted by Gasteiger charge is 2.26. The molecule has 3 heterocycles. The summed E-state index contributed by atoms with van der Waals surface area (Å²) in [6.45, 7) is 4.28. The molecule has 0 saturated heterocycles. The smallest absolute Gasteiger partial charge is 0.318 e. The van der Waals surface area contributed by atoms with Crippen LogP contribution in [0.15, 0.2) is 32.8 Å². The highest BCUT2D eigenvalue weighted by Crippen LogP contribution is 2.37. The molecule has 28 heavy (non-hydrogen) atoms. The fraction of sp³-hybridized carbons (Fsp3) is 0.450. The van der Waals surface area contributed by atoms with Gasteiger partial charge in [-0.1, -0.05) is 18.7 Å². The molecule has 0 aromatic carbocycles. The first kappa shape index (κ1) is 19.3. The van der Waals surface area contributed by atoms with E-state index in [-0.39, 0.29) is 18.1 Å². The summed E-state index contributed by atoms with van der Waals surface area (Å²) < 4.78 is 11.9. The van der Waals surface area contributed by atoms with Crippen molar-refractivity contribution in [2.24, 2.45) is 5.92 Å².